The number of halogens is 1. The zero-order valence-corrected chi connectivity index (χ0v) is 22.8. The number of nitrogens with zero attached hydrogens (tertiary/aromatic N) is 1. The maximum absolute atomic E-state index is 13.9. The Morgan fingerprint density at radius 1 is 0.951 bits per heavy atom. The van der Waals surface area contributed by atoms with Gasteiger partial charge in [-0.15, -0.1) is 0 Å². The lowest BCUT2D eigenvalue weighted by Gasteiger charge is -2.22. The summed E-state index contributed by atoms with van der Waals surface area (Å²) >= 11 is 0. The topological polar surface area (TPSA) is 93.5 Å². The molecule has 0 radical (unpaired) electrons. The average Bonchev–Trinajstić information content (AvgIpc) is 3.43. The molecule has 2 heterocycles. The van der Waals surface area contributed by atoms with Crippen LogP contribution in [0.1, 0.15) is 57.3 Å². The maximum atomic E-state index is 13.9. The molecule has 0 fully saturated rings. The predicted octanol–water partition coefficient (Wildman–Crippen LogP) is 6.45. The first-order valence-corrected chi connectivity index (χ1v) is 13.3. The zero-order chi connectivity index (χ0) is 28.8. The number of nitrogens with one attached hydrogen (secondary N) is 2. The molecule has 2 aromatic heterocycles. The van der Waals surface area contributed by atoms with Crippen molar-refractivity contribution < 1.29 is 23.1 Å². The summed E-state index contributed by atoms with van der Waals surface area (Å²) in [5, 5.41) is 6.68. The number of fused-ring (bicyclic) bond motifs is 1. The van der Waals surface area contributed by atoms with Gasteiger partial charge in [0.05, 0.1) is 11.6 Å². The minimum absolute atomic E-state index is 0.235. The molecule has 1 unspecified atom stereocenters. The van der Waals surface area contributed by atoms with Crippen LogP contribution >= 0.6 is 0 Å². The number of hydrogen-bond donors (Lipinski definition) is 2. The molecule has 8 heteroatoms. The lowest BCUT2D eigenvalue weighted by atomic mass is 9.95. The predicted molar refractivity (Wildman–Crippen MR) is 154 cm³/mol. The van der Waals surface area contributed by atoms with Gasteiger partial charge in [-0.2, -0.15) is 0 Å². The highest BCUT2D eigenvalue weighted by Crippen LogP contribution is 2.30. The summed E-state index contributed by atoms with van der Waals surface area (Å²) in [7, 11) is 0. The average molecular weight is 552 g/mol. The van der Waals surface area contributed by atoms with Crippen LogP contribution < -0.4 is 15.4 Å². The van der Waals surface area contributed by atoms with Crippen molar-refractivity contribution >= 4 is 22.8 Å². The second kappa shape index (κ2) is 12.5. The molecule has 0 saturated heterocycles. The van der Waals surface area contributed by atoms with Crippen LogP contribution in [-0.4, -0.2) is 23.3 Å². The van der Waals surface area contributed by atoms with Crippen molar-refractivity contribution in [1.29, 1.82) is 0 Å². The molecule has 0 spiro atoms. The van der Waals surface area contributed by atoms with Gasteiger partial charge in [0.1, 0.15) is 30.0 Å². The summed E-state index contributed by atoms with van der Waals surface area (Å²) in [6, 6.07) is 21.3. The number of pyridine rings is 1. The monoisotopic (exact) mass is 551 g/mol. The highest BCUT2D eigenvalue weighted by Gasteiger charge is 2.23. The molecule has 5 aromatic rings. The van der Waals surface area contributed by atoms with Crippen LogP contribution in [0.5, 0.6) is 5.75 Å². The Labute approximate surface area is 237 Å². The van der Waals surface area contributed by atoms with E-state index in [1.165, 1.54) is 18.4 Å². The largest absolute Gasteiger partial charge is 0.489 e. The molecule has 2 amide bonds. The van der Waals surface area contributed by atoms with Gasteiger partial charge in [-0.1, -0.05) is 50.2 Å². The number of ether oxygens (including phenoxy) is 1. The number of amides is 2. The summed E-state index contributed by atoms with van der Waals surface area (Å²) in [5.41, 5.74) is 3.41. The Kier molecular flexibility index (Phi) is 8.39. The number of benzene rings is 3. The van der Waals surface area contributed by atoms with Crippen LogP contribution in [0.3, 0.4) is 0 Å². The number of aromatic nitrogens is 1. The third-order valence-electron chi connectivity index (χ3n) is 6.53. The Bertz CT molecular complexity index is 1650. The van der Waals surface area contributed by atoms with Crippen LogP contribution in [0.2, 0.25) is 0 Å². The third-order valence-corrected chi connectivity index (χ3v) is 6.53. The fraction of sp³-hybridized carbons (Fsp3) is 0.182. The SMILES string of the molecule is CC(C)CNC(=O)c1cc(OCc2cccnc2)cc(C(NC(=O)c2coc3ccccc23)c2ccc(F)cc2)c1. The van der Waals surface area contributed by atoms with E-state index in [-0.39, 0.29) is 24.3 Å². The number of carbonyl (C=O) groups excluding carboxylic acids is 2. The molecule has 0 bridgehead atoms. The maximum Gasteiger partial charge on any atom is 0.255 e. The smallest absolute Gasteiger partial charge is 0.255 e. The van der Waals surface area contributed by atoms with Gasteiger partial charge >= 0.3 is 0 Å². The number of rotatable bonds is 10. The van der Waals surface area contributed by atoms with E-state index in [0.29, 0.717) is 45.5 Å². The van der Waals surface area contributed by atoms with E-state index in [1.54, 1.807) is 48.8 Å². The van der Waals surface area contributed by atoms with Gasteiger partial charge in [-0.25, -0.2) is 4.39 Å². The number of hydrogen-bond acceptors (Lipinski definition) is 5. The van der Waals surface area contributed by atoms with Crippen LogP contribution in [0, 0.1) is 11.7 Å². The Hall–Kier alpha value is -4.98. The Morgan fingerprint density at radius 2 is 1.76 bits per heavy atom. The number of carbonyl (C=O) groups is 2. The Balaban J connectivity index is 1.53. The van der Waals surface area contributed by atoms with Crippen LogP contribution in [0.25, 0.3) is 11.0 Å². The molecule has 5 rings (SSSR count). The third kappa shape index (κ3) is 6.78. The van der Waals surface area contributed by atoms with E-state index < -0.39 is 11.9 Å². The molecular weight excluding hydrogens is 521 g/mol. The first-order valence-electron chi connectivity index (χ1n) is 13.3. The number of para-hydroxylation sites is 1. The fourth-order valence-electron chi connectivity index (χ4n) is 4.43. The summed E-state index contributed by atoms with van der Waals surface area (Å²) in [6.07, 6.45) is 4.80. The second-order valence-electron chi connectivity index (χ2n) is 10.1. The van der Waals surface area contributed by atoms with E-state index in [0.717, 1.165) is 5.56 Å². The van der Waals surface area contributed by atoms with Crippen molar-refractivity contribution in [2.45, 2.75) is 26.5 Å². The van der Waals surface area contributed by atoms with Crippen molar-refractivity contribution in [2.24, 2.45) is 5.92 Å². The van der Waals surface area contributed by atoms with E-state index in [2.05, 4.69) is 15.6 Å². The van der Waals surface area contributed by atoms with Gasteiger partial charge < -0.3 is 19.8 Å². The van der Waals surface area contributed by atoms with Crippen molar-refractivity contribution in [3.63, 3.8) is 0 Å². The summed E-state index contributed by atoms with van der Waals surface area (Å²) in [5.74, 6) is -0.342. The lowest BCUT2D eigenvalue weighted by molar-refractivity contribution is 0.0940. The van der Waals surface area contributed by atoms with E-state index in [1.807, 2.05) is 44.2 Å². The normalized spacial score (nSPS) is 11.8. The summed E-state index contributed by atoms with van der Waals surface area (Å²) < 4.78 is 25.5. The minimum Gasteiger partial charge on any atom is -0.489 e. The lowest BCUT2D eigenvalue weighted by Crippen LogP contribution is -2.30. The van der Waals surface area contributed by atoms with Crippen LogP contribution in [0.4, 0.5) is 4.39 Å². The fourth-order valence-corrected chi connectivity index (χ4v) is 4.43. The van der Waals surface area contributed by atoms with Crippen molar-refractivity contribution in [3.8, 4) is 5.75 Å². The first kappa shape index (κ1) is 27.6. The minimum atomic E-state index is -0.727. The first-order chi connectivity index (χ1) is 19.9. The van der Waals surface area contributed by atoms with Crippen molar-refractivity contribution in [1.82, 2.24) is 15.6 Å². The molecule has 41 heavy (non-hydrogen) atoms. The molecule has 1 atom stereocenters. The van der Waals surface area contributed by atoms with Gasteiger partial charge in [0.25, 0.3) is 11.8 Å². The highest BCUT2D eigenvalue weighted by atomic mass is 19.1. The molecule has 0 aliphatic rings. The number of furan rings is 1. The zero-order valence-electron chi connectivity index (χ0n) is 22.8. The molecule has 7 nitrogen and oxygen atoms in total. The molecular formula is C33H30FN3O4. The van der Waals surface area contributed by atoms with Crippen molar-refractivity contribution in [3.05, 3.63) is 131 Å². The molecule has 0 aliphatic carbocycles. The van der Waals surface area contributed by atoms with Crippen LogP contribution in [0.15, 0.2) is 102 Å². The quantitative estimate of drug-likeness (QED) is 0.208. The second-order valence-corrected chi connectivity index (χ2v) is 10.1. The standard InChI is InChI=1S/C33H30FN3O4/c1-21(2)17-36-32(38)25-14-24(15-27(16-25)40-19-22-6-5-13-35-18-22)31(23-9-11-26(34)12-10-23)37-33(39)29-20-41-30-8-4-3-7-28(29)30/h3-16,18,20-21,31H,17,19H2,1-2H3,(H,36,38)(H,37,39). The van der Waals surface area contributed by atoms with Crippen LogP contribution in [-0.2, 0) is 6.61 Å². The van der Waals surface area contributed by atoms with Crippen molar-refractivity contribution in [2.75, 3.05) is 6.54 Å². The molecule has 0 saturated carbocycles. The van der Waals surface area contributed by atoms with Gasteiger partial charge in [-0.05, 0) is 59.5 Å². The molecule has 3 aromatic carbocycles. The van der Waals surface area contributed by atoms with E-state index >= 15 is 0 Å². The Morgan fingerprint density at radius 3 is 2.51 bits per heavy atom. The molecule has 0 aliphatic heterocycles. The highest BCUT2D eigenvalue weighted by molar-refractivity contribution is 6.06. The van der Waals surface area contributed by atoms with Gasteiger partial charge in [0.15, 0.2) is 0 Å². The van der Waals surface area contributed by atoms with Gasteiger partial charge in [0.2, 0.25) is 0 Å². The van der Waals surface area contributed by atoms with Gasteiger partial charge in [-0.3, -0.25) is 14.6 Å². The van der Waals surface area contributed by atoms with Gasteiger partial charge in [0, 0.05) is 35.5 Å². The molecule has 208 valence electrons. The summed E-state index contributed by atoms with van der Waals surface area (Å²) in [4.78, 5) is 30.9. The van der Waals surface area contributed by atoms with E-state index in [4.69, 9.17) is 9.15 Å². The molecule has 2 N–H and O–H groups in total. The van der Waals surface area contributed by atoms with E-state index in [9.17, 15) is 14.0 Å². The summed E-state index contributed by atoms with van der Waals surface area (Å²) in [6.45, 7) is 4.76.